The first-order valence-corrected chi connectivity index (χ1v) is 11.5. The van der Waals surface area contributed by atoms with Crippen LogP contribution in [0.4, 0.5) is 10.5 Å². The van der Waals surface area contributed by atoms with Crippen LogP contribution in [0.5, 0.6) is 11.5 Å². The molecule has 2 amide bonds. The van der Waals surface area contributed by atoms with Crippen molar-refractivity contribution in [2.75, 3.05) is 11.5 Å². The molecule has 1 heterocycles. The van der Waals surface area contributed by atoms with Crippen LogP contribution in [0, 0.1) is 0 Å². The summed E-state index contributed by atoms with van der Waals surface area (Å²) >= 11 is 10.4. The summed E-state index contributed by atoms with van der Waals surface area (Å²) < 4.78 is 12.5. The number of thioether (sulfide) groups is 1. The minimum absolute atomic E-state index is 0.0283. The average Bonchev–Trinajstić information content (AvgIpc) is 2.97. The van der Waals surface area contributed by atoms with Crippen LogP contribution >= 0.6 is 39.3 Å². The van der Waals surface area contributed by atoms with Gasteiger partial charge in [0.2, 0.25) is 0 Å². The van der Waals surface area contributed by atoms with E-state index in [2.05, 4.69) is 15.9 Å². The van der Waals surface area contributed by atoms with E-state index >= 15 is 0 Å². The zero-order valence-electron chi connectivity index (χ0n) is 16.8. The smallest absolute Gasteiger partial charge is 0.298 e. The molecule has 0 aromatic heterocycles. The molecule has 0 unspecified atom stereocenters. The molecule has 1 fully saturated rings. The fourth-order valence-corrected chi connectivity index (χ4v) is 4.37. The molecule has 30 heavy (non-hydrogen) atoms. The Morgan fingerprint density at radius 3 is 2.67 bits per heavy atom. The van der Waals surface area contributed by atoms with Crippen molar-refractivity contribution >= 4 is 62.2 Å². The first kappa shape index (κ1) is 22.7. The van der Waals surface area contributed by atoms with Gasteiger partial charge in [-0.05, 0) is 89.9 Å². The monoisotopic (exact) mass is 509 g/mol. The van der Waals surface area contributed by atoms with Crippen molar-refractivity contribution in [1.29, 1.82) is 0 Å². The standard InChI is InChI=1S/C22H21BrClNO4S/c1-4-13(3)29-20-17(23)9-14(10-18(20)28-5-2)11-19-21(26)25(22(27)30-19)16-8-6-7-15(24)12-16/h6-13H,4-5H2,1-3H3/b19-11+/t13-/m0/s1. The number of carbonyl (C=O) groups is 2. The molecule has 0 aliphatic carbocycles. The van der Waals surface area contributed by atoms with E-state index in [-0.39, 0.29) is 17.3 Å². The minimum Gasteiger partial charge on any atom is -0.490 e. The summed E-state index contributed by atoms with van der Waals surface area (Å²) in [6, 6.07) is 10.3. The second kappa shape index (κ2) is 9.90. The number of carbonyl (C=O) groups excluding carboxylic acids is 2. The molecule has 158 valence electrons. The van der Waals surface area contributed by atoms with E-state index in [1.54, 1.807) is 36.4 Å². The Bertz CT molecular complexity index is 1010. The Morgan fingerprint density at radius 2 is 2.00 bits per heavy atom. The van der Waals surface area contributed by atoms with Gasteiger partial charge in [0.05, 0.1) is 27.8 Å². The fraction of sp³-hybridized carbons (Fsp3) is 0.273. The van der Waals surface area contributed by atoms with E-state index in [0.717, 1.165) is 28.6 Å². The molecule has 5 nitrogen and oxygen atoms in total. The molecule has 0 radical (unpaired) electrons. The third kappa shape index (κ3) is 5.02. The van der Waals surface area contributed by atoms with E-state index in [4.69, 9.17) is 21.1 Å². The van der Waals surface area contributed by atoms with Crippen molar-refractivity contribution in [2.45, 2.75) is 33.3 Å². The van der Waals surface area contributed by atoms with Gasteiger partial charge in [0.1, 0.15) is 0 Å². The van der Waals surface area contributed by atoms with Gasteiger partial charge in [-0.3, -0.25) is 9.59 Å². The highest BCUT2D eigenvalue weighted by molar-refractivity contribution is 9.10. The third-order valence-corrected chi connectivity index (χ3v) is 6.08. The van der Waals surface area contributed by atoms with Crippen LogP contribution in [0.15, 0.2) is 45.8 Å². The third-order valence-electron chi connectivity index (χ3n) is 4.38. The fourth-order valence-electron chi connectivity index (χ4n) is 2.79. The summed E-state index contributed by atoms with van der Waals surface area (Å²) in [7, 11) is 0. The number of imide groups is 1. The maximum absolute atomic E-state index is 12.9. The molecule has 0 bridgehead atoms. The number of ether oxygens (including phenoxy) is 2. The van der Waals surface area contributed by atoms with Crippen LogP contribution in [0.3, 0.4) is 0 Å². The van der Waals surface area contributed by atoms with Crippen molar-refractivity contribution < 1.29 is 19.1 Å². The maximum atomic E-state index is 12.9. The van der Waals surface area contributed by atoms with Gasteiger partial charge in [0.25, 0.3) is 11.1 Å². The van der Waals surface area contributed by atoms with Gasteiger partial charge in [-0.1, -0.05) is 24.6 Å². The van der Waals surface area contributed by atoms with Crippen LogP contribution in [-0.4, -0.2) is 23.9 Å². The average molecular weight is 511 g/mol. The maximum Gasteiger partial charge on any atom is 0.298 e. The zero-order chi connectivity index (χ0) is 21.8. The molecular formula is C22H21BrClNO4S. The van der Waals surface area contributed by atoms with E-state index in [1.807, 2.05) is 26.8 Å². The predicted octanol–water partition coefficient (Wildman–Crippen LogP) is 6.92. The number of amides is 2. The second-order valence-electron chi connectivity index (χ2n) is 6.60. The quantitative estimate of drug-likeness (QED) is 0.378. The predicted molar refractivity (Wildman–Crippen MR) is 126 cm³/mol. The summed E-state index contributed by atoms with van der Waals surface area (Å²) in [5.41, 5.74) is 1.17. The molecule has 2 aromatic rings. The largest absolute Gasteiger partial charge is 0.490 e. The van der Waals surface area contributed by atoms with E-state index < -0.39 is 0 Å². The Hall–Kier alpha value is -1.96. The summed E-state index contributed by atoms with van der Waals surface area (Å²) in [4.78, 5) is 26.8. The number of nitrogens with zero attached hydrogens (tertiary/aromatic N) is 1. The van der Waals surface area contributed by atoms with Crippen molar-refractivity contribution in [3.05, 3.63) is 56.4 Å². The normalized spacial score (nSPS) is 16.3. The molecule has 1 atom stereocenters. The van der Waals surface area contributed by atoms with Crippen molar-refractivity contribution in [2.24, 2.45) is 0 Å². The lowest BCUT2D eigenvalue weighted by Gasteiger charge is -2.18. The topological polar surface area (TPSA) is 55.8 Å². The Morgan fingerprint density at radius 1 is 1.23 bits per heavy atom. The summed E-state index contributed by atoms with van der Waals surface area (Å²) in [6.45, 7) is 6.40. The van der Waals surface area contributed by atoms with Gasteiger partial charge in [0.15, 0.2) is 11.5 Å². The SMILES string of the molecule is CCOc1cc(/C=C2/SC(=O)N(c3cccc(Cl)c3)C2=O)cc(Br)c1O[C@@H](C)CC. The van der Waals surface area contributed by atoms with Gasteiger partial charge in [-0.2, -0.15) is 0 Å². The molecule has 0 N–H and O–H groups in total. The Balaban J connectivity index is 1.94. The first-order chi connectivity index (χ1) is 14.3. The summed E-state index contributed by atoms with van der Waals surface area (Å²) in [5, 5.41) is 0.0899. The van der Waals surface area contributed by atoms with Crippen molar-refractivity contribution in [1.82, 2.24) is 0 Å². The molecule has 0 saturated carbocycles. The highest BCUT2D eigenvalue weighted by atomic mass is 79.9. The first-order valence-electron chi connectivity index (χ1n) is 9.50. The van der Waals surface area contributed by atoms with Gasteiger partial charge >= 0.3 is 0 Å². The van der Waals surface area contributed by atoms with Gasteiger partial charge < -0.3 is 9.47 Å². The number of anilines is 1. The van der Waals surface area contributed by atoms with Gasteiger partial charge in [-0.15, -0.1) is 0 Å². The number of benzene rings is 2. The Labute approximate surface area is 193 Å². The van der Waals surface area contributed by atoms with E-state index in [0.29, 0.717) is 38.2 Å². The lowest BCUT2D eigenvalue weighted by atomic mass is 10.1. The number of hydrogen-bond acceptors (Lipinski definition) is 5. The van der Waals surface area contributed by atoms with Crippen LogP contribution < -0.4 is 14.4 Å². The molecule has 2 aromatic carbocycles. The van der Waals surface area contributed by atoms with Crippen LogP contribution in [0.2, 0.25) is 5.02 Å². The van der Waals surface area contributed by atoms with Crippen LogP contribution in [0.25, 0.3) is 6.08 Å². The van der Waals surface area contributed by atoms with E-state index in [9.17, 15) is 9.59 Å². The molecule has 1 aliphatic rings. The summed E-state index contributed by atoms with van der Waals surface area (Å²) in [5.74, 6) is 0.809. The van der Waals surface area contributed by atoms with Crippen molar-refractivity contribution in [3.63, 3.8) is 0 Å². The molecular weight excluding hydrogens is 490 g/mol. The number of rotatable bonds is 7. The minimum atomic E-state index is -0.388. The second-order valence-corrected chi connectivity index (χ2v) is 8.88. The highest BCUT2D eigenvalue weighted by Crippen LogP contribution is 2.41. The Kier molecular flexibility index (Phi) is 7.50. The zero-order valence-corrected chi connectivity index (χ0v) is 19.9. The van der Waals surface area contributed by atoms with Gasteiger partial charge in [-0.25, -0.2) is 4.90 Å². The lowest BCUT2D eigenvalue weighted by molar-refractivity contribution is -0.113. The van der Waals surface area contributed by atoms with Crippen LogP contribution in [0.1, 0.15) is 32.8 Å². The number of halogens is 2. The van der Waals surface area contributed by atoms with Crippen molar-refractivity contribution in [3.8, 4) is 11.5 Å². The molecule has 8 heteroatoms. The van der Waals surface area contributed by atoms with Gasteiger partial charge in [0, 0.05) is 5.02 Å². The molecule has 1 aliphatic heterocycles. The van der Waals surface area contributed by atoms with Crippen LogP contribution in [-0.2, 0) is 4.79 Å². The molecule has 3 rings (SSSR count). The number of hydrogen-bond donors (Lipinski definition) is 0. The van der Waals surface area contributed by atoms with E-state index in [1.165, 1.54) is 0 Å². The molecule has 1 saturated heterocycles. The lowest BCUT2D eigenvalue weighted by Crippen LogP contribution is -2.27. The molecule has 0 spiro atoms. The summed E-state index contributed by atoms with van der Waals surface area (Å²) in [6.07, 6.45) is 2.56. The highest BCUT2D eigenvalue weighted by Gasteiger charge is 2.36.